The van der Waals surface area contributed by atoms with E-state index < -0.39 is 6.09 Å². The Balaban J connectivity index is 0. The van der Waals surface area contributed by atoms with Crippen LogP contribution in [0.15, 0.2) is 66.9 Å². The molecule has 0 saturated carbocycles. The number of carbonyl (C=O) groups is 3. The molecule has 0 atom stereocenters. The predicted molar refractivity (Wildman–Crippen MR) is 159 cm³/mol. The number of hydrogen-bond acceptors (Lipinski definition) is 7. The minimum absolute atomic E-state index is 0.110. The molecule has 0 spiro atoms. The molecule has 0 aromatic heterocycles. The third-order valence-electron chi connectivity index (χ3n) is 4.58. The number of nitrogens with zero attached hydrogens (tertiary/aromatic N) is 1. The van der Waals surface area contributed by atoms with Gasteiger partial charge in [-0.2, -0.15) is 0 Å². The molecule has 0 fully saturated rings. The van der Waals surface area contributed by atoms with Gasteiger partial charge < -0.3 is 24.9 Å². The fraction of sp³-hybridized carbons (Fsp3) is 0.414. The van der Waals surface area contributed by atoms with Gasteiger partial charge in [0.25, 0.3) is 0 Å². The van der Waals surface area contributed by atoms with Crippen LogP contribution in [-0.2, 0) is 20.9 Å². The number of aliphatic hydroxyl groups is 1. The Bertz CT molecular complexity index is 898. The SMILES string of the molecule is C=CC1=C(\C=C)N(C)Cc2ccccc2/C=C\1.CC.CCCO.CSNC(=O)OCCNC(=O)CCC=O. The average molecular weight is 548 g/mol. The van der Waals surface area contributed by atoms with Crippen LogP contribution in [0.5, 0.6) is 0 Å². The van der Waals surface area contributed by atoms with Gasteiger partial charge in [-0.15, -0.1) is 0 Å². The van der Waals surface area contributed by atoms with Crippen molar-refractivity contribution in [1.29, 1.82) is 0 Å². The summed E-state index contributed by atoms with van der Waals surface area (Å²) < 4.78 is 7.05. The van der Waals surface area contributed by atoms with E-state index in [4.69, 9.17) is 5.11 Å². The molecule has 0 radical (unpaired) electrons. The number of fused-ring (bicyclic) bond motifs is 1. The first-order valence-electron chi connectivity index (χ1n) is 12.6. The first-order chi connectivity index (χ1) is 18.4. The second-order valence-electron chi connectivity index (χ2n) is 7.36. The largest absolute Gasteiger partial charge is 0.447 e. The summed E-state index contributed by atoms with van der Waals surface area (Å²) in [4.78, 5) is 33.8. The number of rotatable bonds is 10. The van der Waals surface area contributed by atoms with Crippen molar-refractivity contribution >= 4 is 36.3 Å². The molecule has 0 aliphatic carbocycles. The molecule has 3 N–H and O–H groups in total. The molecular weight excluding hydrogens is 502 g/mol. The molecule has 1 aromatic rings. The van der Waals surface area contributed by atoms with Gasteiger partial charge in [-0.3, -0.25) is 9.52 Å². The lowest BCUT2D eigenvalue weighted by Crippen LogP contribution is -2.29. The topological polar surface area (TPSA) is 108 Å². The first kappa shape index (κ1) is 36.9. The monoisotopic (exact) mass is 547 g/mol. The number of allylic oxidation sites excluding steroid dienone is 4. The maximum Gasteiger partial charge on any atom is 0.417 e. The summed E-state index contributed by atoms with van der Waals surface area (Å²) in [5, 5.41) is 10.4. The van der Waals surface area contributed by atoms with Gasteiger partial charge in [0.1, 0.15) is 12.9 Å². The van der Waals surface area contributed by atoms with Gasteiger partial charge in [-0.05, 0) is 29.2 Å². The number of amides is 2. The molecule has 0 saturated heterocycles. The number of nitrogens with one attached hydrogen (secondary N) is 2. The second kappa shape index (κ2) is 25.4. The van der Waals surface area contributed by atoms with Gasteiger partial charge in [0.2, 0.25) is 5.91 Å². The molecule has 1 aliphatic heterocycles. The standard InChI is InChI=1S/C16H17N.C8H14N2O4S.C3H8O.C2H6/c1-4-13-10-11-14-8-6-7-9-15(14)12-17(3)16(13)5-2;1-15-10-8(13)14-6-4-9-7(12)3-2-5-11;1-2-3-4;1-2/h4-11H,1-2,12H2,3H3;5H,2-4,6H2,1H3,(H,9,12)(H,10,13);4H,2-3H2,1H3;1-2H3/b11-10-,16-13-;;;. The van der Waals surface area contributed by atoms with Crippen LogP contribution in [0.1, 0.15) is 51.2 Å². The highest BCUT2D eigenvalue weighted by Crippen LogP contribution is 2.22. The van der Waals surface area contributed by atoms with Crippen LogP contribution in [0, 0.1) is 0 Å². The molecule has 8 nitrogen and oxygen atoms in total. The van der Waals surface area contributed by atoms with E-state index >= 15 is 0 Å². The summed E-state index contributed by atoms with van der Waals surface area (Å²) in [6.07, 6.45) is 11.1. The molecule has 9 heteroatoms. The Kier molecular flexibility index (Phi) is 24.6. The van der Waals surface area contributed by atoms with Crippen molar-refractivity contribution in [1.82, 2.24) is 14.9 Å². The summed E-state index contributed by atoms with van der Waals surface area (Å²) >= 11 is 1.13. The maximum atomic E-state index is 10.9. The minimum Gasteiger partial charge on any atom is -0.447 e. The predicted octanol–water partition coefficient (Wildman–Crippen LogP) is 5.27. The zero-order valence-electron chi connectivity index (χ0n) is 23.5. The summed E-state index contributed by atoms with van der Waals surface area (Å²) in [5.41, 5.74) is 4.82. The zero-order valence-corrected chi connectivity index (χ0v) is 24.3. The summed E-state index contributed by atoms with van der Waals surface area (Å²) in [5.74, 6) is -0.226. The molecule has 2 amide bonds. The highest BCUT2D eigenvalue weighted by Gasteiger charge is 2.10. The molecule has 1 aromatic carbocycles. The molecule has 0 bridgehead atoms. The molecule has 2 rings (SSSR count). The van der Waals surface area contributed by atoms with E-state index in [2.05, 4.69) is 76.3 Å². The third kappa shape index (κ3) is 17.2. The van der Waals surface area contributed by atoms with Crippen LogP contribution in [0.2, 0.25) is 0 Å². The molecule has 1 aliphatic rings. The van der Waals surface area contributed by atoms with Crippen LogP contribution >= 0.6 is 11.9 Å². The minimum atomic E-state index is -0.537. The van der Waals surface area contributed by atoms with Crippen LogP contribution < -0.4 is 10.0 Å². The van der Waals surface area contributed by atoms with E-state index in [0.29, 0.717) is 12.9 Å². The second-order valence-corrected chi connectivity index (χ2v) is 7.97. The Morgan fingerprint density at radius 1 is 1.18 bits per heavy atom. The van der Waals surface area contributed by atoms with Crippen LogP contribution in [0.25, 0.3) is 6.08 Å². The van der Waals surface area contributed by atoms with E-state index in [9.17, 15) is 14.4 Å². The zero-order chi connectivity index (χ0) is 29.2. The Hall–Kier alpha value is -3.30. The van der Waals surface area contributed by atoms with Crippen molar-refractivity contribution in [2.45, 2.75) is 46.6 Å². The molecule has 0 unspecified atom stereocenters. The summed E-state index contributed by atoms with van der Waals surface area (Å²) in [6.45, 7) is 15.2. The van der Waals surface area contributed by atoms with Crippen molar-refractivity contribution in [3.63, 3.8) is 0 Å². The van der Waals surface area contributed by atoms with E-state index in [1.807, 2.05) is 32.9 Å². The molecule has 1 heterocycles. The number of benzene rings is 1. The van der Waals surface area contributed by atoms with Crippen molar-refractivity contribution in [3.05, 3.63) is 78.0 Å². The number of hydrogen-bond donors (Lipinski definition) is 3. The highest BCUT2D eigenvalue weighted by molar-refractivity contribution is 7.97. The van der Waals surface area contributed by atoms with Crippen LogP contribution in [-0.4, -0.2) is 61.4 Å². The Labute approximate surface area is 233 Å². The quantitative estimate of drug-likeness (QED) is 0.208. The normalized spacial score (nSPS) is 14.0. The van der Waals surface area contributed by atoms with Crippen molar-refractivity contribution in [3.8, 4) is 0 Å². The van der Waals surface area contributed by atoms with Crippen molar-refractivity contribution in [2.75, 3.05) is 33.1 Å². The number of carbonyl (C=O) groups excluding carboxylic acids is 3. The van der Waals surface area contributed by atoms with Crippen LogP contribution in [0.3, 0.4) is 0 Å². The third-order valence-corrected chi connectivity index (χ3v) is 4.95. The Morgan fingerprint density at radius 2 is 1.84 bits per heavy atom. The summed E-state index contributed by atoms with van der Waals surface area (Å²) in [7, 11) is 2.08. The lowest BCUT2D eigenvalue weighted by molar-refractivity contribution is -0.122. The highest BCUT2D eigenvalue weighted by atomic mass is 32.2. The molecular formula is C29H45N3O5S. The fourth-order valence-electron chi connectivity index (χ4n) is 2.84. The fourth-order valence-corrected chi connectivity index (χ4v) is 3.06. The smallest absolute Gasteiger partial charge is 0.417 e. The van der Waals surface area contributed by atoms with Gasteiger partial charge in [-0.25, -0.2) is 4.79 Å². The summed E-state index contributed by atoms with van der Waals surface area (Å²) in [6, 6.07) is 8.44. The van der Waals surface area contributed by atoms with Gasteiger partial charge in [0.15, 0.2) is 0 Å². The average Bonchev–Trinajstić information content (AvgIpc) is 2.93. The van der Waals surface area contributed by atoms with Crippen LogP contribution in [0.4, 0.5) is 4.79 Å². The van der Waals surface area contributed by atoms with E-state index in [1.54, 1.807) is 6.26 Å². The van der Waals surface area contributed by atoms with E-state index in [0.717, 1.165) is 36.2 Å². The number of ether oxygens (including phenoxy) is 1. The lowest BCUT2D eigenvalue weighted by Gasteiger charge is -2.24. The molecule has 38 heavy (non-hydrogen) atoms. The van der Waals surface area contributed by atoms with Gasteiger partial charge >= 0.3 is 6.09 Å². The number of aliphatic hydroxyl groups excluding tert-OH is 1. The maximum absolute atomic E-state index is 10.9. The van der Waals surface area contributed by atoms with Gasteiger partial charge in [0.05, 0.1) is 6.54 Å². The number of aldehydes is 1. The van der Waals surface area contributed by atoms with Crippen molar-refractivity contribution < 1.29 is 24.2 Å². The first-order valence-corrected chi connectivity index (χ1v) is 13.8. The number of likely N-dealkylation sites (N-methyl/N-ethyl adjacent to an activating group) is 1. The molecule has 212 valence electrons. The Morgan fingerprint density at radius 3 is 2.39 bits per heavy atom. The van der Waals surface area contributed by atoms with E-state index in [1.165, 1.54) is 11.1 Å². The van der Waals surface area contributed by atoms with E-state index in [-0.39, 0.29) is 31.9 Å². The van der Waals surface area contributed by atoms with Gasteiger partial charge in [-0.1, -0.05) is 88.4 Å². The lowest BCUT2D eigenvalue weighted by atomic mass is 10.0. The van der Waals surface area contributed by atoms with Gasteiger partial charge in [0, 0.05) is 45.0 Å². The van der Waals surface area contributed by atoms with Crippen molar-refractivity contribution in [2.24, 2.45) is 0 Å².